The zero-order valence-electron chi connectivity index (χ0n) is 9.44. The van der Waals surface area contributed by atoms with Gasteiger partial charge >= 0.3 is 0 Å². The molecule has 3 N–H and O–H groups in total. The predicted octanol–water partition coefficient (Wildman–Crippen LogP) is 2.53. The van der Waals surface area contributed by atoms with Crippen molar-refractivity contribution in [1.82, 2.24) is 4.98 Å². The minimum absolute atomic E-state index is 0.0856. The van der Waals surface area contributed by atoms with Gasteiger partial charge in [0.25, 0.3) is 0 Å². The summed E-state index contributed by atoms with van der Waals surface area (Å²) >= 11 is 1.25. The first kappa shape index (κ1) is 13.3. The van der Waals surface area contributed by atoms with Crippen LogP contribution >= 0.6 is 11.8 Å². The molecule has 0 radical (unpaired) electrons. The van der Waals surface area contributed by atoms with E-state index >= 15 is 0 Å². The molecule has 0 bridgehead atoms. The smallest absolute Gasteiger partial charge is 0.151 e. The van der Waals surface area contributed by atoms with Crippen LogP contribution in [0.4, 0.5) is 0 Å². The number of aromatic nitrogens is 1. The molecule has 88 valence electrons. The third-order valence-electron chi connectivity index (χ3n) is 2.21. The fourth-order valence-corrected chi connectivity index (χ4v) is 1.93. The van der Waals surface area contributed by atoms with Gasteiger partial charge in [-0.1, -0.05) is 18.3 Å². The van der Waals surface area contributed by atoms with Crippen LogP contribution in [-0.2, 0) is 5.75 Å². The molecule has 0 fully saturated rings. The van der Waals surface area contributed by atoms with E-state index in [0.29, 0.717) is 18.6 Å². The van der Waals surface area contributed by atoms with Gasteiger partial charge in [-0.2, -0.15) is 5.26 Å². The van der Waals surface area contributed by atoms with Crippen molar-refractivity contribution in [2.75, 3.05) is 0 Å². The number of hydrogen-bond donors (Lipinski definition) is 2. The molecule has 1 aromatic rings. The van der Waals surface area contributed by atoms with Crippen LogP contribution in [0.2, 0.25) is 0 Å². The summed E-state index contributed by atoms with van der Waals surface area (Å²) in [4.78, 5) is 4.06. The zero-order chi connectivity index (χ0) is 12.7. The van der Waals surface area contributed by atoms with Crippen molar-refractivity contribution < 1.29 is 0 Å². The summed E-state index contributed by atoms with van der Waals surface area (Å²) in [6.07, 6.45) is 4.57. The number of nitrogens with zero attached hydrogens (tertiary/aromatic N) is 2. The highest BCUT2D eigenvalue weighted by Crippen LogP contribution is 2.24. The summed E-state index contributed by atoms with van der Waals surface area (Å²) < 4.78 is 0. The molecule has 1 rings (SSSR count). The van der Waals surface area contributed by atoms with Crippen molar-refractivity contribution in [1.29, 1.82) is 10.7 Å². The monoisotopic (exact) mass is 246 g/mol. The summed E-state index contributed by atoms with van der Waals surface area (Å²) in [5.74, 6) is 0.601. The molecule has 0 aliphatic rings. The molecule has 0 aliphatic heterocycles. The summed E-state index contributed by atoms with van der Waals surface area (Å²) in [5, 5.41) is 15.8. The van der Waals surface area contributed by atoms with Crippen LogP contribution in [0, 0.1) is 16.7 Å². The number of nitrogens with two attached hydrogens (primary N) is 1. The van der Waals surface area contributed by atoms with Crippen LogP contribution in [0.3, 0.4) is 0 Å². The molecule has 0 spiro atoms. The Hall–Kier alpha value is -1.80. The molecular formula is C12H14N4S. The van der Waals surface area contributed by atoms with Gasteiger partial charge < -0.3 is 5.73 Å². The second-order valence-electron chi connectivity index (χ2n) is 3.45. The SMILES string of the molecule is C=C(CCC#N)c1ccncc1CSC(=N)N. The Morgan fingerprint density at radius 1 is 1.65 bits per heavy atom. The molecule has 5 heteroatoms. The second-order valence-corrected chi connectivity index (χ2v) is 4.46. The number of amidine groups is 1. The Morgan fingerprint density at radius 3 is 3.06 bits per heavy atom. The van der Waals surface area contributed by atoms with Gasteiger partial charge in [-0.25, -0.2) is 0 Å². The Labute approximate surface area is 105 Å². The third-order valence-corrected chi connectivity index (χ3v) is 2.97. The summed E-state index contributed by atoms with van der Waals surface area (Å²) in [7, 11) is 0. The molecule has 0 unspecified atom stereocenters. The minimum atomic E-state index is 0.0856. The molecule has 1 aromatic heterocycles. The largest absolute Gasteiger partial charge is 0.379 e. The highest BCUT2D eigenvalue weighted by atomic mass is 32.2. The predicted molar refractivity (Wildman–Crippen MR) is 71.3 cm³/mol. The lowest BCUT2D eigenvalue weighted by Gasteiger charge is -2.09. The number of thioether (sulfide) groups is 1. The summed E-state index contributed by atoms with van der Waals surface area (Å²) in [6.45, 7) is 3.98. The van der Waals surface area contributed by atoms with Crippen molar-refractivity contribution in [2.45, 2.75) is 18.6 Å². The second kappa shape index (κ2) is 6.71. The van der Waals surface area contributed by atoms with Gasteiger partial charge in [0.15, 0.2) is 5.17 Å². The lowest BCUT2D eigenvalue weighted by Crippen LogP contribution is -2.04. The number of hydrogen-bond acceptors (Lipinski definition) is 4. The fourth-order valence-electron chi connectivity index (χ4n) is 1.38. The quantitative estimate of drug-likeness (QED) is 0.617. The Balaban J connectivity index is 2.80. The van der Waals surface area contributed by atoms with Crippen molar-refractivity contribution in [3.8, 4) is 6.07 Å². The average molecular weight is 246 g/mol. The maximum absolute atomic E-state index is 8.56. The standard InChI is InChI=1S/C12H14N4S/c1-9(3-2-5-13)11-4-6-16-7-10(11)8-17-12(14)15/h4,6-7H,1-3,8H2,(H3,14,15). The van der Waals surface area contributed by atoms with Gasteiger partial charge in [0.05, 0.1) is 6.07 Å². The first-order valence-corrected chi connectivity index (χ1v) is 6.08. The van der Waals surface area contributed by atoms with Crippen LogP contribution in [0.5, 0.6) is 0 Å². The summed E-state index contributed by atoms with van der Waals surface area (Å²) in [5.41, 5.74) is 8.23. The van der Waals surface area contributed by atoms with E-state index in [0.717, 1.165) is 16.7 Å². The molecule has 4 nitrogen and oxygen atoms in total. The Bertz CT molecular complexity index is 462. The molecule has 0 saturated carbocycles. The van der Waals surface area contributed by atoms with Crippen molar-refractivity contribution in [3.05, 3.63) is 36.2 Å². The Morgan fingerprint density at radius 2 is 2.41 bits per heavy atom. The van der Waals surface area contributed by atoms with Crippen LogP contribution in [-0.4, -0.2) is 10.2 Å². The van der Waals surface area contributed by atoms with E-state index in [2.05, 4.69) is 17.6 Å². The van der Waals surface area contributed by atoms with Crippen molar-refractivity contribution in [3.63, 3.8) is 0 Å². The number of rotatable bonds is 5. The van der Waals surface area contributed by atoms with Gasteiger partial charge in [-0.05, 0) is 29.2 Å². The lowest BCUT2D eigenvalue weighted by molar-refractivity contribution is 1.07. The maximum atomic E-state index is 8.56. The molecule has 17 heavy (non-hydrogen) atoms. The number of allylic oxidation sites excluding steroid dienone is 1. The molecule has 0 atom stereocenters. The van der Waals surface area contributed by atoms with E-state index < -0.39 is 0 Å². The maximum Gasteiger partial charge on any atom is 0.151 e. The van der Waals surface area contributed by atoms with Crippen LogP contribution in [0.25, 0.3) is 5.57 Å². The van der Waals surface area contributed by atoms with E-state index in [1.54, 1.807) is 12.4 Å². The number of pyridine rings is 1. The van der Waals surface area contributed by atoms with E-state index in [4.69, 9.17) is 16.4 Å². The molecule has 0 amide bonds. The van der Waals surface area contributed by atoms with Crippen LogP contribution in [0.15, 0.2) is 25.0 Å². The normalized spacial score (nSPS) is 9.59. The number of nitrogens with one attached hydrogen (secondary N) is 1. The fraction of sp³-hybridized carbons (Fsp3) is 0.250. The number of nitriles is 1. The van der Waals surface area contributed by atoms with Crippen molar-refractivity contribution in [2.24, 2.45) is 5.73 Å². The topological polar surface area (TPSA) is 86.5 Å². The van der Waals surface area contributed by atoms with Gasteiger partial charge in [0, 0.05) is 24.6 Å². The van der Waals surface area contributed by atoms with E-state index in [9.17, 15) is 0 Å². The Kier molecular flexibility index (Phi) is 5.24. The molecule has 0 aromatic carbocycles. The minimum Gasteiger partial charge on any atom is -0.379 e. The first-order valence-electron chi connectivity index (χ1n) is 5.10. The van der Waals surface area contributed by atoms with Gasteiger partial charge in [0.1, 0.15) is 0 Å². The lowest BCUT2D eigenvalue weighted by atomic mass is 10.0. The van der Waals surface area contributed by atoms with E-state index in [1.165, 1.54) is 11.8 Å². The highest BCUT2D eigenvalue weighted by molar-refractivity contribution is 8.13. The molecular weight excluding hydrogens is 232 g/mol. The zero-order valence-corrected chi connectivity index (χ0v) is 10.3. The van der Waals surface area contributed by atoms with E-state index in [1.807, 2.05) is 6.07 Å². The molecule has 0 aliphatic carbocycles. The molecule has 0 saturated heterocycles. The van der Waals surface area contributed by atoms with Crippen LogP contribution < -0.4 is 5.73 Å². The van der Waals surface area contributed by atoms with Gasteiger partial charge in [0.2, 0.25) is 0 Å². The highest BCUT2D eigenvalue weighted by Gasteiger charge is 2.06. The van der Waals surface area contributed by atoms with Crippen molar-refractivity contribution >= 4 is 22.5 Å². The van der Waals surface area contributed by atoms with E-state index in [-0.39, 0.29) is 5.17 Å². The van der Waals surface area contributed by atoms with Gasteiger partial charge in [-0.15, -0.1) is 0 Å². The van der Waals surface area contributed by atoms with Crippen LogP contribution in [0.1, 0.15) is 24.0 Å². The first-order chi connectivity index (χ1) is 8.15. The third kappa shape index (κ3) is 4.29. The van der Waals surface area contributed by atoms with Gasteiger partial charge in [-0.3, -0.25) is 10.4 Å². The summed E-state index contributed by atoms with van der Waals surface area (Å²) in [6, 6.07) is 3.99. The molecule has 1 heterocycles. The average Bonchev–Trinajstić information content (AvgIpc) is 2.33.